The molecular formula is C31H33F2N3O6. The largest absolute Gasteiger partial charge is 0.508 e. The number of nitrogens with one attached hydrogen (secondary N) is 2. The maximum absolute atomic E-state index is 14.6. The molecular weight excluding hydrogens is 548 g/mol. The second kappa shape index (κ2) is 13.0. The first kappa shape index (κ1) is 30.4. The van der Waals surface area contributed by atoms with E-state index in [2.05, 4.69) is 10.6 Å². The van der Waals surface area contributed by atoms with E-state index in [0.29, 0.717) is 27.3 Å². The van der Waals surface area contributed by atoms with Crippen LogP contribution in [0.4, 0.5) is 8.78 Å². The molecule has 3 atom stereocenters. The van der Waals surface area contributed by atoms with Crippen molar-refractivity contribution in [2.24, 2.45) is 0 Å². The third-order valence-electron chi connectivity index (χ3n) is 7.26. The monoisotopic (exact) mass is 581 g/mol. The van der Waals surface area contributed by atoms with Crippen molar-refractivity contribution in [1.29, 1.82) is 0 Å². The predicted octanol–water partition coefficient (Wildman–Crippen LogP) is 2.96. The number of halogens is 2. The summed E-state index contributed by atoms with van der Waals surface area (Å²) in [5.41, 5.74) is 1.75. The smallest absolute Gasteiger partial charge is 0.267 e. The van der Waals surface area contributed by atoms with Crippen molar-refractivity contribution >= 4 is 17.7 Å². The van der Waals surface area contributed by atoms with Gasteiger partial charge in [-0.25, -0.2) is 8.78 Å². The van der Waals surface area contributed by atoms with Crippen molar-refractivity contribution in [3.05, 3.63) is 95.1 Å². The number of carbonyl (C=O) groups excluding carboxylic acids is 3. The summed E-state index contributed by atoms with van der Waals surface area (Å²) in [4.78, 5) is 40.4. The van der Waals surface area contributed by atoms with Crippen LogP contribution in [0.25, 0.3) is 0 Å². The van der Waals surface area contributed by atoms with Crippen LogP contribution in [-0.4, -0.2) is 70.6 Å². The standard InChI is InChI=1S/C31H33F2N3O6/c1-19-23(12-7-13-26(19)37)28(39)35-24(15-20-8-4-3-5-9-20)27(38)30(41)36-18-31(32,33)16-25(36)29(40)34-17-21-10-6-11-22(14-21)42-2/h3-14,24-25,27,37-38H,15-18H2,1-2H3,(H,34,40)(H,35,39). The fraction of sp³-hybridized carbons (Fsp3) is 0.323. The number of carbonyl (C=O) groups is 3. The first-order valence-corrected chi connectivity index (χ1v) is 13.4. The zero-order chi connectivity index (χ0) is 30.4. The zero-order valence-electron chi connectivity index (χ0n) is 23.2. The number of hydrogen-bond acceptors (Lipinski definition) is 6. The van der Waals surface area contributed by atoms with E-state index in [1.54, 1.807) is 61.5 Å². The third kappa shape index (κ3) is 7.22. The number of rotatable bonds is 10. The van der Waals surface area contributed by atoms with Crippen molar-refractivity contribution in [2.45, 2.75) is 50.4 Å². The lowest BCUT2D eigenvalue weighted by molar-refractivity contribution is -0.147. The first-order valence-electron chi connectivity index (χ1n) is 13.4. The van der Waals surface area contributed by atoms with Crippen LogP contribution < -0.4 is 15.4 Å². The molecule has 0 aliphatic carbocycles. The molecule has 1 aliphatic heterocycles. The number of amides is 3. The quantitative estimate of drug-likeness (QED) is 0.292. The number of aliphatic hydroxyl groups excluding tert-OH is 1. The summed E-state index contributed by atoms with van der Waals surface area (Å²) in [6, 6.07) is 17.2. The number of benzene rings is 3. The molecule has 0 radical (unpaired) electrons. The number of methoxy groups -OCH3 is 1. The average molecular weight is 582 g/mol. The minimum atomic E-state index is -3.36. The van der Waals surface area contributed by atoms with E-state index in [1.165, 1.54) is 25.3 Å². The number of aliphatic hydroxyl groups is 1. The number of phenolic OH excluding ortho intramolecular Hbond substituents is 1. The molecule has 1 fully saturated rings. The van der Waals surface area contributed by atoms with Crippen LogP contribution in [0, 0.1) is 6.92 Å². The van der Waals surface area contributed by atoms with Gasteiger partial charge in [0.25, 0.3) is 17.7 Å². The lowest BCUT2D eigenvalue weighted by atomic mass is 9.98. The van der Waals surface area contributed by atoms with E-state index in [4.69, 9.17) is 4.74 Å². The fourth-order valence-electron chi connectivity index (χ4n) is 4.94. The van der Waals surface area contributed by atoms with Gasteiger partial charge in [0.2, 0.25) is 5.91 Å². The lowest BCUT2D eigenvalue weighted by Gasteiger charge is -2.30. The van der Waals surface area contributed by atoms with Crippen molar-refractivity contribution in [1.82, 2.24) is 15.5 Å². The van der Waals surface area contributed by atoms with E-state index < -0.39 is 54.8 Å². The van der Waals surface area contributed by atoms with Crippen molar-refractivity contribution in [2.75, 3.05) is 13.7 Å². The van der Waals surface area contributed by atoms with Crippen molar-refractivity contribution in [3.8, 4) is 11.5 Å². The van der Waals surface area contributed by atoms with Gasteiger partial charge < -0.3 is 30.5 Å². The molecule has 0 spiro atoms. The van der Waals surface area contributed by atoms with Gasteiger partial charge in [-0.3, -0.25) is 14.4 Å². The van der Waals surface area contributed by atoms with Crippen molar-refractivity contribution < 1.29 is 38.1 Å². The Morgan fingerprint density at radius 2 is 1.74 bits per heavy atom. The van der Waals surface area contributed by atoms with Crippen molar-refractivity contribution in [3.63, 3.8) is 0 Å². The third-order valence-corrected chi connectivity index (χ3v) is 7.26. The molecule has 42 heavy (non-hydrogen) atoms. The SMILES string of the molecule is COc1cccc(CNC(=O)C2CC(F)(F)CN2C(=O)C(O)C(Cc2ccccc2)NC(=O)c2cccc(O)c2C)c1. The van der Waals surface area contributed by atoms with E-state index in [-0.39, 0.29) is 24.3 Å². The van der Waals surface area contributed by atoms with Crippen LogP contribution >= 0.6 is 0 Å². The molecule has 4 N–H and O–H groups in total. The molecule has 3 aromatic carbocycles. The van der Waals surface area contributed by atoms with Gasteiger partial charge in [-0.2, -0.15) is 0 Å². The minimum Gasteiger partial charge on any atom is -0.508 e. The highest BCUT2D eigenvalue weighted by molar-refractivity contribution is 5.97. The second-order valence-corrected chi connectivity index (χ2v) is 10.3. The van der Waals surface area contributed by atoms with Gasteiger partial charge in [-0.1, -0.05) is 48.5 Å². The predicted molar refractivity (Wildman–Crippen MR) is 150 cm³/mol. The molecule has 9 nitrogen and oxygen atoms in total. The summed E-state index contributed by atoms with van der Waals surface area (Å²) < 4.78 is 34.3. The number of likely N-dealkylation sites (tertiary alicyclic amines) is 1. The minimum absolute atomic E-state index is 0.00567. The van der Waals surface area contributed by atoms with Crippen LogP contribution in [0.15, 0.2) is 72.8 Å². The number of alkyl halides is 2. The number of hydrogen-bond donors (Lipinski definition) is 4. The Morgan fingerprint density at radius 1 is 1.05 bits per heavy atom. The van der Waals surface area contributed by atoms with E-state index in [9.17, 15) is 33.4 Å². The maximum Gasteiger partial charge on any atom is 0.267 e. The highest BCUT2D eigenvalue weighted by Crippen LogP contribution is 2.33. The van der Waals surface area contributed by atoms with Gasteiger partial charge in [0.15, 0.2) is 6.10 Å². The highest BCUT2D eigenvalue weighted by Gasteiger charge is 2.51. The van der Waals surface area contributed by atoms with Crippen LogP contribution in [-0.2, 0) is 22.6 Å². The van der Waals surface area contributed by atoms with E-state index >= 15 is 0 Å². The Hall–Kier alpha value is -4.51. The van der Waals surface area contributed by atoms with Crippen LogP contribution in [0.5, 0.6) is 11.5 Å². The Bertz CT molecular complexity index is 1440. The molecule has 0 aromatic heterocycles. The summed E-state index contributed by atoms with van der Waals surface area (Å²) in [6.07, 6.45) is -2.86. The number of phenols is 1. The average Bonchev–Trinajstić information content (AvgIpc) is 3.32. The summed E-state index contributed by atoms with van der Waals surface area (Å²) in [5, 5.41) is 26.5. The van der Waals surface area contributed by atoms with Gasteiger partial charge in [0.05, 0.1) is 19.7 Å². The molecule has 1 heterocycles. The second-order valence-electron chi connectivity index (χ2n) is 10.3. The number of aromatic hydroxyl groups is 1. The molecule has 1 saturated heterocycles. The Labute approximate surface area is 242 Å². The molecule has 1 aliphatic rings. The lowest BCUT2D eigenvalue weighted by Crippen LogP contribution is -2.55. The Kier molecular flexibility index (Phi) is 9.41. The Balaban J connectivity index is 1.54. The summed E-state index contributed by atoms with van der Waals surface area (Å²) in [6.45, 7) is 0.496. The fourth-order valence-corrected chi connectivity index (χ4v) is 4.94. The van der Waals surface area contributed by atoms with Crippen LogP contribution in [0.1, 0.15) is 33.5 Å². The first-order chi connectivity index (χ1) is 20.0. The van der Waals surface area contributed by atoms with Crippen LogP contribution in [0.2, 0.25) is 0 Å². The summed E-state index contributed by atoms with van der Waals surface area (Å²) in [7, 11) is 1.49. The number of nitrogens with zero attached hydrogens (tertiary/aromatic N) is 1. The van der Waals surface area contributed by atoms with Gasteiger partial charge in [0.1, 0.15) is 17.5 Å². The topological polar surface area (TPSA) is 128 Å². The van der Waals surface area contributed by atoms with Gasteiger partial charge in [-0.15, -0.1) is 0 Å². The molecule has 3 amide bonds. The Morgan fingerprint density at radius 3 is 2.45 bits per heavy atom. The summed E-state index contributed by atoms with van der Waals surface area (Å²) >= 11 is 0. The highest BCUT2D eigenvalue weighted by atomic mass is 19.3. The molecule has 3 aromatic rings. The molecule has 11 heteroatoms. The van der Waals surface area contributed by atoms with Gasteiger partial charge >= 0.3 is 0 Å². The molecule has 222 valence electrons. The van der Waals surface area contributed by atoms with E-state index in [1.807, 2.05) is 0 Å². The number of ether oxygens (including phenoxy) is 1. The molecule has 0 bridgehead atoms. The zero-order valence-corrected chi connectivity index (χ0v) is 23.2. The van der Waals surface area contributed by atoms with Gasteiger partial charge in [-0.05, 0) is 48.7 Å². The molecule has 0 saturated carbocycles. The van der Waals surface area contributed by atoms with Gasteiger partial charge in [0, 0.05) is 24.1 Å². The molecule has 3 unspecified atom stereocenters. The maximum atomic E-state index is 14.6. The normalized spacial score (nSPS) is 17.3. The molecule has 4 rings (SSSR count). The van der Waals surface area contributed by atoms with E-state index in [0.717, 1.165) is 0 Å². The van der Waals surface area contributed by atoms with Crippen LogP contribution in [0.3, 0.4) is 0 Å². The summed E-state index contributed by atoms with van der Waals surface area (Å²) in [5.74, 6) is -5.49.